The van der Waals surface area contributed by atoms with Gasteiger partial charge in [0, 0.05) is 30.5 Å². The Hall–Kier alpha value is -2.62. The molecule has 3 rings (SSSR count). The number of carbonyl (C=O) groups is 1. The molecule has 0 atom stereocenters. The van der Waals surface area contributed by atoms with Gasteiger partial charge < -0.3 is 4.98 Å². The Morgan fingerprint density at radius 3 is 2.89 bits per heavy atom. The molecule has 0 saturated heterocycles. The Kier molecular flexibility index (Phi) is 2.76. The van der Waals surface area contributed by atoms with Crippen molar-refractivity contribution in [2.24, 2.45) is 0 Å². The summed E-state index contributed by atoms with van der Waals surface area (Å²) in [7, 11) is 1.73. The fourth-order valence-corrected chi connectivity index (χ4v) is 2.03. The average molecular weight is 251 g/mol. The maximum Gasteiger partial charge on any atom is 0.259 e. The second-order valence-corrected chi connectivity index (χ2v) is 4.33. The third kappa shape index (κ3) is 2.08. The van der Waals surface area contributed by atoms with E-state index in [9.17, 15) is 4.79 Å². The highest BCUT2D eigenvalue weighted by Crippen LogP contribution is 2.17. The van der Waals surface area contributed by atoms with Crippen LogP contribution in [0.1, 0.15) is 10.4 Å². The van der Waals surface area contributed by atoms with E-state index in [1.54, 1.807) is 18.1 Å². The lowest BCUT2D eigenvalue weighted by molar-refractivity contribution is 0.0992. The summed E-state index contributed by atoms with van der Waals surface area (Å²) in [6.45, 7) is 0. The number of pyridine rings is 1. The number of rotatable bonds is 2. The van der Waals surface area contributed by atoms with E-state index in [1.807, 2.05) is 48.7 Å². The lowest BCUT2D eigenvalue weighted by atomic mass is 10.1. The highest BCUT2D eigenvalue weighted by molar-refractivity contribution is 6.06. The zero-order valence-electron chi connectivity index (χ0n) is 10.5. The molecule has 4 heteroatoms. The molecule has 2 aromatic heterocycles. The number of amides is 1. The molecule has 3 aromatic rings. The normalized spacial score (nSPS) is 10.6. The largest absolute Gasteiger partial charge is 0.361 e. The highest BCUT2D eigenvalue weighted by Gasteiger charge is 2.14. The average Bonchev–Trinajstić information content (AvgIpc) is 2.94. The standard InChI is InChI=1S/C15H13N3O/c1-18(14-4-2-3-8-17-14)15(19)12-6-5-11-7-9-16-13(11)10-12/h2-10,16H,1H3. The number of fused-ring (bicyclic) bond motifs is 1. The van der Waals surface area contributed by atoms with Crippen molar-refractivity contribution in [3.63, 3.8) is 0 Å². The minimum absolute atomic E-state index is 0.0739. The number of hydrogen-bond donors (Lipinski definition) is 1. The molecule has 1 aromatic carbocycles. The van der Waals surface area contributed by atoms with Gasteiger partial charge in [-0.05, 0) is 35.7 Å². The van der Waals surface area contributed by atoms with E-state index in [0.29, 0.717) is 11.4 Å². The molecule has 1 amide bonds. The van der Waals surface area contributed by atoms with E-state index < -0.39 is 0 Å². The summed E-state index contributed by atoms with van der Waals surface area (Å²) in [5, 5.41) is 1.09. The first kappa shape index (κ1) is 11.5. The predicted molar refractivity (Wildman–Crippen MR) is 75.3 cm³/mol. The number of hydrogen-bond acceptors (Lipinski definition) is 2. The van der Waals surface area contributed by atoms with E-state index in [2.05, 4.69) is 9.97 Å². The quantitative estimate of drug-likeness (QED) is 0.761. The Labute approximate surface area is 110 Å². The molecule has 2 heterocycles. The molecule has 0 radical (unpaired) electrons. The molecule has 0 spiro atoms. The molecule has 0 bridgehead atoms. The zero-order chi connectivity index (χ0) is 13.2. The van der Waals surface area contributed by atoms with Crippen LogP contribution in [0.25, 0.3) is 10.9 Å². The van der Waals surface area contributed by atoms with Crippen molar-refractivity contribution in [1.29, 1.82) is 0 Å². The molecule has 0 aliphatic carbocycles. The smallest absolute Gasteiger partial charge is 0.259 e. The molecular formula is C15H13N3O. The maximum absolute atomic E-state index is 12.4. The Balaban J connectivity index is 1.95. The van der Waals surface area contributed by atoms with Crippen LogP contribution in [0.3, 0.4) is 0 Å². The molecule has 94 valence electrons. The topological polar surface area (TPSA) is 49.0 Å². The van der Waals surface area contributed by atoms with Crippen molar-refractivity contribution in [2.45, 2.75) is 0 Å². The molecule has 0 aliphatic heterocycles. The van der Waals surface area contributed by atoms with E-state index >= 15 is 0 Å². The first-order chi connectivity index (χ1) is 9.25. The minimum atomic E-state index is -0.0739. The third-order valence-electron chi connectivity index (χ3n) is 3.10. The third-order valence-corrected chi connectivity index (χ3v) is 3.10. The van der Waals surface area contributed by atoms with Gasteiger partial charge in [-0.1, -0.05) is 12.1 Å². The van der Waals surface area contributed by atoms with Crippen molar-refractivity contribution in [2.75, 3.05) is 11.9 Å². The van der Waals surface area contributed by atoms with E-state index in [1.165, 1.54) is 0 Å². The van der Waals surface area contributed by atoms with Gasteiger partial charge >= 0.3 is 0 Å². The van der Waals surface area contributed by atoms with Crippen LogP contribution in [0, 0.1) is 0 Å². The van der Waals surface area contributed by atoms with Gasteiger partial charge in [-0.3, -0.25) is 9.69 Å². The highest BCUT2D eigenvalue weighted by atomic mass is 16.2. The van der Waals surface area contributed by atoms with Crippen molar-refractivity contribution < 1.29 is 4.79 Å². The molecule has 19 heavy (non-hydrogen) atoms. The van der Waals surface area contributed by atoms with Gasteiger partial charge in [-0.25, -0.2) is 4.98 Å². The molecule has 0 unspecified atom stereocenters. The summed E-state index contributed by atoms with van der Waals surface area (Å²) in [4.78, 5) is 21.2. The van der Waals surface area contributed by atoms with Crippen LogP contribution in [0.5, 0.6) is 0 Å². The van der Waals surface area contributed by atoms with Crippen molar-refractivity contribution in [1.82, 2.24) is 9.97 Å². The molecule has 0 saturated carbocycles. The molecule has 4 nitrogen and oxygen atoms in total. The monoisotopic (exact) mass is 251 g/mol. The van der Waals surface area contributed by atoms with Crippen LogP contribution >= 0.6 is 0 Å². The van der Waals surface area contributed by atoms with Crippen molar-refractivity contribution in [3.05, 3.63) is 60.4 Å². The number of H-pyrrole nitrogens is 1. The number of anilines is 1. The number of aromatic nitrogens is 2. The number of benzene rings is 1. The van der Waals surface area contributed by atoms with Gasteiger partial charge in [0.1, 0.15) is 5.82 Å². The van der Waals surface area contributed by atoms with Gasteiger partial charge in [0.25, 0.3) is 5.91 Å². The van der Waals surface area contributed by atoms with Gasteiger partial charge in [0.05, 0.1) is 0 Å². The second kappa shape index (κ2) is 4.57. The van der Waals surface area contributed by atoms with Crippen molar-refractivity contribution >= 4 is 22.6 Å². The molecule has 1 N–H and O–H groups in total. The summed E-state index contributed by atoms with van der Waals surface area (Å²) in [6.07, 6.45) is 3.54. The summed E-state index contributed by atoms with van der Waals surface area (Å²) in [5.41, 5.74) is 1.60. The summed E-state index contributed by atoms with van der Waals surface area (Å²) in [5.74, 6) is 0.564. The number of carbonyl (C=O) groups excluding carboxylic acids is 1. The number of aromatic amines is 1. The summed E-state index contributed by atoms with van der Waals surface area (Å²) >= 11 is 0. The van der Waals surface area contributed by atoms with Crippen LogP contribution in [0.15, 0.2) is 54.9 Å². The maximum atomic E-state index is 12.4. The SMILES string of the molecule is CN(C(=O)c1ccc2cc[nH]c2c1)c1ccccn1. The lowest BCUT2D eigenvalue weighted by Crippen LogP contribution is -2.26. The van der Waals surface area contributed by atoms with Gasteiger partial charge in [0.15, 0.2) is 0 Å². The Morgan fingerprint density at radius 2 is 2.11 bits per heavy atom. The van der Waals surface area contributed by atoms with Crippen LogP contribution in [0.2, 0.25) is 0 Å². The van der Waals surface area contributed by atoms with Crippen LogP contribution in [0.4, 0.5) is 5.82 Å². The Bertz CT molecular complexity index is 718. The fraction of sp³-hybridized carbons (Fsp3) is 0.0667. The molecule has 0 aliphatic rings. The predicted octanol–water partition coefficient (Wildman–Crippen LogP) is 2.84. The summed E-state index contributed by atoms with van der Waals surface area (Å²) in [6, 6.07) is 13.1. The first-order valence-corrected chi connectivity index (χ1v) is 6.02. The second-order valence-electron chi connectivity index (χ2n) is 4.33. The minimum Gasteiger partial charge on any atom is -0.361 e. The zero-order valence-corrected chi connectivity index (χ0v) is 10.5. The number of nitrogens with one attached hydrogen (secondary N) is 1. The van der Waals surface area contributed by atoms with Crippen LogP contribution < -0.4 is 4.90 Å². The van der Waals surface area contributed by atoms with E-state index in [4.69, 9.17) is 0 Å². The first-order valence-electron chi connectivity index (χ1n) is 6.02. The van der Waals surface area contributed by atoms with Gasteiger partial charge in [-0.2, -0.15) is 0 Å². The van der Waals surface area contributed by atoms with E-state index in [0.717, 1.165) is 10.9 Å². The lowest BCUT2D eigenvalue weighted by Gasteiger charge is -2.15. The fourth-order valence-electron chi connectivity index (χ4n) is 2.03. The summed E-state index contributed by atoms with van der Waals surface area (Å²) < 4.78 is 0. The number of nitrogens with zero attached hydrogens (tertiary/aromatic N) is 2. The van der Waals surface area contributed by atoms with Gasteiger partial charge in [0.2, 0.25) is 0 Å². The molecule has 0 fully saturated rings. The van der Waals surface area contributed by atoms with E-state index in [-0.39, 0.29) is 5.91 Å². The Morgan fingerprint density at radius 1 is 1.21 bits per heavy atom. The van der Waals surface area contributed by atoms with Crippen LogP contribution in [-0.2, 0) is 0 Å². The van der Waals surface area contributed by atoms with Gasteiger partial charge in [-0.15, -0.1) is 0 Å². The molecular weight excluding hydrogens is 238 g/mol. The van der Waals surface area contributed by atoms with Crippen LogP contribution in [-0.4, -0.2) is 22.9 Å². The van der Waals surface area contributed by atoms with Crippen molar-refractivity contribution in [3.8, 4) is 0 Å².